The Balaban J connectivity index is 2.03. The van der Waals surface area contributed by atoms with E-state index in [1.54, 1.807) is 0 Å². The van der Waals surface area contributed by atoms with Crippen molar-refractivity contribution in [2.45, 2.75) is 26.7 Å². The highest BCUT2D eigenvalue weighted by Gasteiger charge is 2.46. The Morgan fingerprint density at radius 2 is 2.29 bits per heavy atom. The van der Waals surface area contributed by atoms with E-state index < -0.39 is 5.41 Å². The molecule has 2 amide bonds. The van der Waals surface area contributed by atoms with Crippen LogP contribution in [0.3, 0.4) is 0 Å². The molecule has 2 rings (SSSR count). The molecule has 1 spiro atoms. The van der Waals surface area contributed by atoms with Crippen molar-refractivity contribution >= 4 is 23.4 Å². The zero-order chi connectivity index (χ0) is 12.7. The second-order valence-corrected chi connectivity index (χ2v) is 6.21. The van der Waals surface area contributed by atoms with Crippen LogP contribution in [0.4, 0.5) is 0 Å². The molecule has 1 unspecified atom stereocenters. The molecule has 0 radical (unpaired) electrons. The Bertz CT molecular complexity index is 356. The second kappa shape index (κ2) is 4.16. The van der Waals surface area contributed by atoms with Crippen LogP contribution in [0.15, 0.2) is 0 Å². The minimum absolute atomic E-state index is 0.0187. The summed E-state index contributed by atoms with van der Waals surface area (Å²) in [5, 5.41) is 2.86. The van der Waals surface area contributed by atoms with E-state index in [1.807, 2.05) is 18.7 Å². The Morgan fingerprint density at radius 3 is 2.82 bits per heavy atom. The molecule has 2 saturated heterocycles. The third-order valence-corrected chi connectivity index (χ3v) is 4.50. The van der Waals surface area contributed by atoms with Crippen LogP contribution in [-0.4, -0.2) is 42.2 Å². The molecular weight excluding hydrogens is 240 g/mol. The van der Waals surface area contributed by atoms with E-state index in [-0.39, 0.29) is 17.2 Å². The SMILES string of the molecule is CC(C)(CCl)C(=O)N1CCC2(CNC(=O)C2)C1. The molecular formula is C12H19ClN2O2. The molecule has 0 aromatic heterocycles. The number of hydrogen-bond acceptors (Lipinski definition) is 2. The smallest absolute Gasteiger partial charge is 0.229 e. The van der Waals surface area contributed by atoms with Gasteiger partial charge in [0.2, 0.25) is 11.8 Å². The van der Waals surface area contributed by atoms with Crippen molar-refractivity contribution < 1.29 is 9.59 Å². The first-order chi connectivity index (χ1) is 7.88. The van der Waals surface area contributed by atoms with Crippen LogP contribution >= 0.6 is 11.6 Å². The number of rotatable bonds is 2. The lowest BCUT2D eigenvalue weighted by Crippen LogP contribution is -2.42. The first kappa shape index (κ1) is 12.7. The van der Waals surface area contributed by atoms with Crippen LogP contribution in [0.1, 0.15) is 26.7 Å². The van der Waals surface area contributed by atoms with Crippen molar-refractivity contribution in [3.63, 3.8) is 0 Å². The van der Waals surface area contributed by atoms with Crippen molar-refractivity contribution in [3.05, 3.63) is 0 Å². The van der Waals surface area contributed by atoms with E-state index in [2.05, 4.69) is 5.32 Å². The maximum atomic E-state index is 12.3. The summed E-state index contributed by atoms with van der Waals surface area (Å²) in [6, 6.07) is 0. The van der Waals surface area contributed by atoms with Crippen molar-refractivity contribution in [2.24, 2.45) is 10.8 Å². The predicted octanol–water partition coefficient (Wildman–Crippen LogP) is 0.990. The molecule has 0 bridgehead atoms. The van der Waals surface area contributed by atoms with E-state index in [1.165, 1.54) is 0 Å². The molecule has 2 aliphatic rings. The number of carbonyl (C=O) groups is 2. The van der Waals surface area contributed by atoms with E-state index in [0.29, 0.717) is 25.4 Å². The van der Waals surface area contributed by atoms with Gasteiger partial charge in [0, 0.05) is 37.4 Å². The van der Waals surface area contributed by atoms with Crippen molar-refractivity contribution in [2.75, 3.05) is 25.5 Å². The first-order valence-corrected chi connectivity index (χ1v) is 6.54. The van der Waals surface area contributed by atoms with Gasteiger partial charge < -0.3 is 10.2 Å². The van der Waals surface area contributed by atoms with Crippen LogP contribution in [0.5, 0.6) is 0 Å². The van der Waals surface area contributed by atoms with E-state index in [4.69, 9.17) is 11.6 Å². The lowest BCUT2D eigenvalue weighted by atomic mass is 9.86. The van der Waals surface area contributed by atoms with Crippen molar-refractivity contribution in [1.29, 1.82) is 0 Å². The Morgan fingerprint density at radius 1 is 1.59 bits per heavy atom. The summed E-state index contributed by atoms with van der Waals surface area (Å²) in [7, 11) is 0. The molecule has 0 aromatic carbocycles. The van der Waals surface area contributed by atoms with Crippen LogP contribution in [0, 0.1) is 10.8 Å². The van der Waals surface area contributed by atoms with Gasteiger partial charge in [-0.3, -0.25) is 9.59 Å². The van der Waals surface area contributed by atoms with Crippen molar-refractivity contribution in [3.8, 4) is 0 Å². The molecule has 1 N–H and O–H groups in total. The van der Waals surface area contributed by atoms with Gasteiger partial charge in [-0.1, -0.05) is 0 Å². The number of hydrogen-bond donors (Lipinski definition) is 1. The lowest BCUT2D eigenvalue weighted by Gasteiger charge is -2.28. The highest BCUT2D eigenvalue weighted by atomic mass is 35.5. The number of alkyl halides is 1. The van der Waals surface area contributed by atoms with Gasteiger partial charge in [0.1, 0.15) is 0 Å². The van der Waals surface area contributed by atoms with E-state index >= 15 is 0 Å². The lowest BCUT2D eigenvalue weighted by molar-refractivity contribution is -0.138. The largest absolute Gasteiger partial charge is 0.355 e. The standard InChI is InChI=1S/C12H19ClN2O2/c1-11(2,6-13)10(17)15-4-3-12(8-15)5-9(16)14-7-12/h3-8H2,1-2H3,(H,14,16). The van der Waals surface area contributed by atoms with Crippen LogP contribution in [-0.2, 0) is 9.59 Å². The zero-order valence-corrected chi connectivity index (χ0v) is 11.1. The highest BCUT2D eigenvalue weighted by molar-refractivity contribution is 6.19. The second-order valence-electron chi connectivity index (χ2n) is 5.95. The summed E-state index contributed by atoms with van der Waals surface area (Å²) in [5.41, 5.74) is -0.530. The molecule has 0 aliphatic carbocycles. The molecule has 1 atom stereocenters. The Kier molecular flexibility index (Phi) is 3.10. The Hall–Kier alpha value is -0.770. The van der Waals surface area contributed by atoms with Gasteiger partial charge in [-0.2, -0.15) is 0 Å². The molecule has 5 heteroatoms. The third-order valence-electron chi connectivity index (χ3n) is 3.83. The first-order valence-electron chi connectivity index (χ1n) is 6.01. The average Bonchev–Trinajstić information content (AvgIpc) is 2.86. The summed E-state index contributed by atoms with van der Waals surface area (Å²) < 4.78 is 0. The summed E-state index contributed by atoms with van der Waals surface area (Å²) in [5.74, 6) is 0.534. The quantitative estimate of drug-likeness (QED) is 0.751. The number of nitrogens with zero attached hydrogens (tertiary/aromatic N) is 1. The topological polar surface area (TPSA) is 49.4 Å². The number of amides is 2. The number of carbonyl (C=O) groups excluding carboxylic acids is 2. The molecule has 2 fully saturated rings. The van der Waals surface area contributed by atoms with Crippen molar-refractivity contribution in [1.82, 2.24) is 10.2 Å². The average molecular weight is 259 g/mol. The van der Waals surface area contributed by atoms with Gasteiger partial charge in [0.25, 0.3) is 0 Å². The van der Waals surface area contributed by atoms with Gasteiger partial charge in [-0.25, -0.2) is 0 Å². The fourth-order valence-corrected chi connectivity index (χ4v) is 2.75. The maximum Gasteiger partial charge on any atom is 0.229 e. The van der Waals surface area contributed by atoms with Crippen LogP contribution < -0.4 is 5.32 Å². The summed E-state index contributed by atoms with van der Waals surface area (Å²) >= 11 is 5.83. The summed E-state index contributed by atoms with van der Waals surface area (Å²) in [6.45, 7) is 5.87. The van der Waals surface area contributed by atoms with Gasteiger partial charge in [0.15, 0.2) is 0 Å². The maximum absolute atomic E-state index is 12.3. The predicted molar refractivity (Wildman–Crippen MR) is 65.8 cm³/mol. The minimum atomic E-state index is -0.511. The van der Waals surface area contributed by atoms with E-state index in [0.717, 1.165) is 13.0 Å². The zero-order valence-electron chi connectivity index (χ0n) is 10.4. The third kappa shape index (κ3) is 2.28. The van der Waals surface area contributed by atoms with Gasteiger partial charge in [-0.15, -0.1) is 11.6 Å². The number of nitrogens with one attached hydrogen (secondary N) is 1. The van der Waals surface area contributed by atoms with Gasteiger partial charge in [-0.05, 0) is 20.3 Å². The van der Waals surface area contributed by atoms with Gasteiger partial charge >= 0.3 is 0 Å². The molecule has 17 heavy (non-hydrogen) atoms. The van der Waals surface area contributed by atoms with Gasteiger partial charge in [0.05, 0.1) is 5.41 Å². The normalized spacial score (nSPS) is 28.9. The highest BCUT2D eigenvalue weighted by Crippen LogP contribution is 2.38. The van der Waals surface area contributed by atoms with Crippen LogP contribution in [0.2, 0.25) is 0 Å². The molecule has 2 heterocycles. The fourth-order valence-electron chi connectivity index (χ4n) is 2.63. The monoisotopic (exact) mass is 258 g/mol. The summed E-state index contributed by atoms with van der Waals surface area (Å²) in [4.78, 5) is 25.4. The summed E-state index contributed by atoms with van der Waals surface area (Å²) in [6.07, 6.45) is 1.47. The molecule has 96 valence electrons. The molecule has 0 aromatic rings. The van der Waals surface area contributed by atoms with E-state index in [9.17, 15) is 9.59 Å². The molecule has 0 saturated carbocycles. The minimum Gasteiger partial charge on any atom is -0.355 e. The number of halogens is 1. The number of likely N-dealkylation sites (tertiary alicyclic amines) is 1. The van der Waals surface area contributed by atoms with Crippen LogP contribution in [0.25, 0.3) is 0 Å². The molecule has 2 aliphatic heterocycles. The molecule has 4 nitrogen and oxygen atoms in total. The fraction of sp³-hybridized carbons (Fsp3) is 0.833. The Labute approximate surface area is 107 Å².